The molecule has 1 saturated heterocycles. The van der Waals surface area contributed by atoms with Crippen molar-refractivity contribution in [2.24, 2.45) is 0 Å². The Morgan fingerprint density at radius 1 is 1.14 bits per heavy atom. The van der Waals surface area contributed by atoms with E-state index >= 15 is 0 Å². The van der Waals surface area contributed by atoms with Gasteiger partial charge in [0.1, 0.15) is 23.9 Å². The van der Waals surface area contributed by atoms with E-state index in [1.807, 2.05) is 12.1 Å². The minimum absolute atomic E-state index is 0.0751. The van der Waals surface area contributed by atoms with Crippen LogP contribution < -0.4 is 10.1 Å². The average molecular weight is 604 g/mol. The Labute approximate surface area is 188 Å². The van der Waals surface area contributed by atoms with Gasteiger partial charge in [0.2, 0.25) is 0 Å². The van der Waals surface area contributed by atoms with Crippen LogP contribution in [-0.2, 0) is 11.3 Å². The number of nitrogens with zero attached hydrogens (tertiary/aromatic N) is 1. The molecule has 5 nitrogen and oxygen atoms in total. The van der Waals surface area contributed by atoms with Crippen molar-refractivity contribution >= 4 is 63.2 Å². The second-order valence-corrected chi connectivity index (χ2v) is 8.24. The predicted octanol–water partition coefficient (Wildman–Crippen LogP) is 4.69. The van der Waals surface area contributed by atoms with Gasteiger partial charge in [0.25, 0.3) is 5.91 Å². The summed E-state index contributed by atoms with van der Waals surface area (Å²) in [6.45, 7) is 4.11. The molecule has 0 saturated carbocycles. The van der Waals surface area contributed by atoms with Gasteiger partial charge in [0.05, 0.1) is 13.7 Å². The summed E-state index contributed by atoms with van der Waals surface area (Å²) >= 11 is 4.32. The van der Waals surface area contributed by atoms with E-state index in [1.54, 1.807) is 24.3 Å². The maximum atomic E-state index is 13.0. The van der Waals surface area contributed by atoms with Gasteiger partial charge >= 0.3 is 6.03 Å². The first-order chi connectivity index (χ1) is 13.4. The molecule has 0 atom stereocenters. The van der Waals surface area contributed by atoms with Gasteiger partial charge in [0.15, 0.2) is 0 Å². The fourth-order valence-corrected chi connectivity index (χ4v) is 4.72. The normalized spacial score (nSPS) is 15.1. The van der Waals surface area contributed by atoms with E-state index in [0.717, 1.165) is 23.4 Å². The summed E-state index contributed by atoms with van der Waals surface area (Å²) in [6, 6.07) is 8.92. The first-order valence-corrected chi connectivity index (χ1v) is 10.4. The van der Waals surface area contributed by atoms with Crippen molar-refractivity contribution in [2.45, 2.75) is 6.54 Å². The largest absolute Gasteiger partial charge is 0.487 e. The molecule has 0 radical (unpaired) electrons. The number of hydrogen-bond acceptors (Lipinski definition) is 3. The third-order valence-electron chi connectivity index (χ3n) is 3.89. The second kappa shape index (κ2) is 9.03. The molecular formula is C20H15FI2N2O3. The van der Waals surface area contributed by atoms with Crippen LogP contribution in [0.2, 0.25) is 0 Å². The maximum Gasteiger partial charge on any atom is 0.329 e. The van der Waals surface area contributed by atoms with E-state index < -0.39 is 11.9 Å². The first kappa shape index (κ1) is 20.8. The molecule has 0 bridgehead atoms. The number of benzene rings is 2. The summed E-state index contributed by atoms with van der Waals surface area (Å²) in [5, 5.41) is 2.60. The molecular weight excluding hydrogens is 589 g/mol. The predicted molar refractivity (Wildman–Crippen MR) is 121 cm³/mol. The molecule has 0 spiro atoms. The molecule has 3 amide bonds. The van der Waals surface area contributed by atoms with Crippen molar-refractivity contribution in [3.05, 3.63) is 78.8 Å². The molecule has 1 N–H and O–H groups in total. The van der Waals surface area contributed by atoms with Gasteiger partial charge in [-0.05, 0) is 86.7 Å². The van der Waals surface area contributed by atoms with Gasteiger partial charge in [-0.2, -0.15) is 0 Å². The van der Waals surface area contributed by atoms with Crippen LogP contribution >= 0.6 is 45.2 Å². The van der Waals surface area contributed by atoms with Crippen molar-refractivity contribution in [1.82, 2.24) is 10.2 Å². The number of urea groups is 1. The number of nitrogens with one attached hydrogen (secondary N) is 1. The monoisotopic (exact) mass is 604 g/mol. The Hall–Kier alpha value is -1.95. The van der Waals surface area contributed by atoms with E-state index in [4.69, 9.17) is 4.74 Å². The number of carbonyl (C=O) groups excluding carboxylic acids is 2. The summed E-state index contributed by atoms with van der Waals surface area (Å²) in [5.41, 5.74) is 1.63. The van der Waals surface area contributed by atoms with Crippen molar-refractivity contribution in [3.63, 3.8) is 0 Å². The molecule has 0 aromatic heterocycles. The molecule has 2 aromatic rings. The molecule has 1 heterocycles. The lowest BCUT2D eigenvalue weighted by Crippen LogP contribution is -2.30. The molecule has 0 unspecified atom stereocenters. The number of imide groups is 1. The summed E-state index contributed by atoms with van der Waals surface area (Å²) < 4.78 is 20.5. The van der Waals surface area contributed by atoms with Gasteiger partial charge in [-0.25, -0.2) is 9.18 Å². The maximum absolute atomic E-state index is 13.0. The van der Waals surface area contributed by atoms with Crippen molar-refractivity contribution < 1.29 is 18.7 Å². The quantitative estimate of drug-likeness (QED) is 0.226. The Morgan fingerprint density at radius 3 is 2.39 bits per heavy atom. The van der Waals surface area contributed by atoms with Crippen LogP contribution in [-0.4, -0.2) is 23.4 Å². The van der Waals surface area contributed by atoms with Crippen LogP contribution in [0.25, 0.3) is 6.08 Å². The minimum atomic E-state index is -0.504. The van der Waals surface area contributed by atoms with E-state index in [-0.39, 0.29) is 18.1 Å². The summed E-state index contributed by atoms with van der Waals surface area (Å²) in [5.74, 6) is -0.0412. The lowest BCUT2D eigenvalue weighted by atomic mass is 10.1. The second-order valence-electron chi connectivity index (χ2n) is 5.92. The van der Waals surface area contributed by atoms with Crippen LogP contribution in [0, 0.1) is 13.0 Å². The summed E-state index contributed by atoms with van der Waals surface area (Å²) in [6.07, 6.45) is 3.30. The van der Waals surface area contributed by atoms with Crippen LogP contribution in [0.5, 0.6) is 5.75 Å². The Balaban J connectivity index is 1.81. The first-order valence-electron chi connectivity index (χ1n) is 8.20. The van der Waals surface area contributed by atoms with E-state index in [1.165, 1.54) is 12.1 Å². The number of halogens is 3. The van der Waals surface area contributed by atoms with Gasteiger partial charge < -0.3 is 10.1 Å². The molecule has 1 aliphatic rings. The van der Waals surface area contributed by atoms with Crippen molar-refractivity contribution in [1.29, 1.82) is 0 Å². The van der Waals surface area contributed by atoms with Crippen LogP contribution in [0.15, 0.2) is 54.8 Å². The smallest absolute Gasteiger partial charge is 0.329 e. The highest BCUT2D eigenvalue weighted by molar-refractivity contribution is 14.1. The van der Waals surface area contributed by atoms with Crippen LogP contribution in [0.3, 0.4) is 0 Å². The molecule has 3 rings (SSSR count). The zero-order chi connectivity index (χ0) is 20.3. The number of carbonyl (C=O) groups is 2. The van der Waals surface area contributed by atoms with Gasteiger partial charge in [0, 0.05) is 0 Å². The Bertz CT molecular complexity index is 951. The zero-order valence-corrected chi connectivity index (χ0v) is 18.9. The third-order valence-corrected chi connectivity index (χ3v) is 5.50. The number of amides is 3. The highest BCUT2D eigenvalue weighted by atomic mass is 127. The zero-order valence-electron chi connectivity index (χ0n) is 14.5. The topological polar surface area (TPSA) is 58.6 Å². The van der Waals surface area contributed by atoms with Gasteiger partial charge in [-0.3, -0.25) is 9.69 Å². The average Bonchev–Trinajstić information content (AvgIpc) is 2.90. The molecule has 0 aliphatic carbocycles. The van der Waals surface area contributed by atoms with Crippen LogP contribution in [0.4, 0.5) is 9.18 Å². The molecule has 1 aliphatic heterocycles. The third kappa shape index (κ3) is 4.72. The fourth-order valence-electron chi connectivity index (χ4n) is 2.60. The van der Waals surface area contributed by atoms with Crippen molar-refractivity contribution in [2.75, 3.05) is 6.61 Å². The molecule has 144 valence electrons. The molecule has 1 fully saturated rings. The number of rotatable bonds is 6. The standard InChI is InChI=1S/C20H15FI2N2O3/c1-2-7-28-18-15(22)8-13(9-16(18)23)10-17-19(26)25(20(27)24-17)11-12-3-5-14(21)6-4-12/h2-6,8-10H,1,7,11H2,(H,24,27)/b17-10+. The van der Waals surface area contributed by atoms with Crippen molar-refractivity contribution in [3.8, 4) is 5.75 Å². The SMILES string of the molecule is C=CCOc1c(I)cc(/C=C2/NC(=O)N(Cc3ccc(F)cc3)C2=O)cc1I. The lowest BCUT2D eigenvalue weighted by Gasteiger charge is -2.11. The Kier molecular flexibility index (Phi) is 6.70. The van der Waals surface area contributed by atoms with Gasteiger partial charge in [-0.1, -0.05) is 24.8 Å². The van der Waals surface area contributed by atoms with E-state index in [0.29, 0.717) is 12.2 Å². The highest BCUT2D eigenvalue weighted by Gasteiger charge is 2.33. The minimum Gasteiger partial charge on any atom is -0.487 e. The lowest BCUT2D eigenvalue weighted by molar-refractivity contribution is -0.123. The highest BCUT2D eigenvalue weighted by Crippen LogP contribution is 2.30. The summed E-state index contributed by atoms with van der Waals surface area (Å²) in [4.78, 5) is 25.9. The van der Waals surface area contributed by atoms with E-state index in [9.17, 15) is 14.0 Å². The van der Waals surface area contributed by atoms with Crippen LogP contribution in [0.1, 0.15) is 11.1 Å². The fraction of sp³-hybridized carbons (Fsp3) is 0.100. The van der Waals surface area contributed by atoms with Gasteiger partial charge in [-0.15, -0.1) is 0 Å². The summed E-state index contributed by atoms with van der Waals surface area (Å²) in [7, 11) is 0. The molecule has 8 heteroatoms. The number of ether oxygens (including phenoxy) is 1. The number of hydrogen-bond donors (Lipinski definition) is 1. The molecule has 2 aromatic carbocycles. The van der Waals surface area contributed by atoms with E-state index in [2.05, 4.69) is 57.1 Å². The molecule has 28 heavy (non-hydrogen) atoms. The Morgan fingerprint density at radius 2 is 1.79 bits per heavy atom.